The van der Waals surface area contributed by atoms with Crippen LogP contribution in [0.5, 0.6) is 0 Å². The van der Waals surface area contributed by atoms with Gasteiger partial charge in [-0.15, -0.1) is 0 Å². The van der Waals surface area contributed by atoms with Crippen LogP contribution in [0.15, 0.2) is 29.2 Å². The van der Waals surface area contributed by atoms with Crippen molar-refractivity contribution >= 4 is 10.0 Å². The van der Waals surface area contributed by atoms with E-state index in [1.165, 1.54) is 6.42 Å². The van der Waals surface area contributed by atoms with Gasteiger partial charge in [0.05, 0.1) is 4.90 Å². The van der Waals surface area contributed by atoms with Gasteiger partial charge < -0.3 is 5.32 Å². The van der Waals surface area contributed by atoms with Crippen LogP contribution in [0.25, 0.3) is 0 Å². The summed E-state index contributed by atoms with van der Waals surface area (Å²) in [7, 11) is -1.56. The second-order valence-electron chi connectivity index (χ2n) is 6.17. The number of sulfonamides is 1. The van der Waals surface area contributed by atoms with Crippen molar-refractivity contribution in [1.82, 2.24) is 10.0 Å². The second kappa shape index (κ2) is 6.90. The Morgan fingerprint density at radius 2 is 2.05 bits per heavy atom. The molecule has 2 N–H and O–H groups in total. The topological polar surface area (TPSA) is 58.2 Å². The molecule has 3 unspecified atom stereocenters. The van der Waals surface area contributed by atoms with Crippen molar-refractivity contribution < 1.29 is 8.42 Å². The highest BCUT2D eigenvalue weighted by atomic mass is 32.2. The quantitative estimate of drug-likeness (QED) is 0.879. The van der Waals surface area contributed by atoms with Crippen LogP contribution in [0.4, 0.5) is 0 Å². The number of rotatable bonds is 5. The fourth-order valence-corrected chi connectivity index (χ4v) is 4.28. The Morgan fingerprint density at radius 3 is 2.71 bits per heavy atom. The summed E-state index contributed by atoms with van der Waals surface area (Å²) in [6.07, 6.45) is 4.18. The molecule has 1 aliphatic carbocycles. The van der Waals surface area contributed by atoms with E-state index in [4.69, 9.17) is 0 Å². The van der Waals surface area contributed by atoms with Crippen molar-refractivity contribution in [2.24, 2.45) is 5.92 Å². The summed E-state index contributed by atoms with van der Waals surface area (Å²) in [4.78, 5) is 0.361. The highest BCUT2D eigenvalue weighted by molar-refractivity contribution is 7.89. The van der Waals surface area contributed by atoms with Gasteiger partial charge in [0.1, 0.15) is 0 Å². The summed E-state index contributed by atoms with van der Waals surface area (Å²) in [5.74, 6) is 0.599. The van der Waals surface area contributed by atoms with Gasteiger partial charge in [0.25, 0.3) is 0 Å². The molecular weight excluding hydrogens is 284 g/mol. The van der Waals surface area contributed by atoms with Gasteiger partial charge >= 0.3 is 0 Å². The van der Waals surface area contributed by atoms with Crippen LogP contribution in [0, 0.1) is 5.92 Å². The molecule has 0 bridgehead atoms. The van der Waals surface area contributed by atoms with Gasteiger partial charge in [0, 0.05) is 12.1 Å². The molecule has 1 aliphatic rings. The molecule has 5 heteroatoms. The predicted octanol–water partition coefficient (Wildman–Crippen LogP) is 2.82. The molecule has 4 nitrogen and oxygen atoms in total. The lowest BCUT2D eigenvalue weighted by Crippen LogP contribution is -2.38. The lowest BCUT2D eigenvalue weighted by atomic mass is 9.88. The Kier molecular flexibility index (Phi) is 5.41. The van der Waals surface area contributed by atoms with Gasteiger partial charge in [-0.2, -0.15) is 0 Å². The molecule has 0 saturated heterocycles. The van der Waals surface area contributed by atoms with Crippen LogP contribution in [0.1, 0.15) is 51.1 Å². The minimum atomic E-state index is -3.43. The van der Waals surface area contributed by atoms with E-state index < -0.39 is 10.0 Å². The van der Waals surface area contributed by atoms with E-state index in [1.54, 1.807) is 18.2 Å². The Labute approximate surface area is 128 Å². The van der Waals surface area contributed by atoms with E-state index in [1.807, 2.05) is 20.0 Å². The van der Waals surface area contributed by atoms with Gasteiger partial charge in [-0.1, -0.05) is 31.9 Å². The molecule has 1 fully saturated rings. The first-order valence-corrected chi connectivity index (χ1v) is 9.20. The molecule has 0 amide bonds. The highest BCUT2D eigenvalue weighted by Gasteiger charge is 2.24. The third-order valence-corrected chi connectivity index (χ3v) is 5.88. The molecule has 1 saturated carbocycles. The molecule has 21 heavy (non-hydrogen) atoms. The first kappa shape index (κ1) is 16.5. The number of hydrogen-bond donors (Lipinski definition) is 2. The molecular formula is C16H26N2O2S. The zero-order valence-corrected chi connectivity index (χ0v) is 13.9. The number of hydrogen-bond acceptors (Lipinski definition) is 3. The van der Waals surface area contributed by atoms with Gasteiger partial charge in [-0.05, 0) is 50.4 Å². The molecule has 0 radical (unpaired) electrons. The van der Waals surface area contributed by atoms with Gasteiger partial charge in [0.15, 0.2) is 0 Å². The van der Waals surface area contributed by atoms with Crippen molar-refractivity contribution in [3.05, 3.63) is 29.8 Å². The lowest BCUT2D eigenvalue weighted by molar-refractivity contribution is 0.327. The van der Waals surface area contributed by atoms with Crippen LogP contribution >= 0.6 is 0 Å². The summed E-state index contributed by atoms with van der Waals surface area (Å²) in [5, 5.41) is 3.13. The van der Waals surface area contributed by atoms with Crippen LogP contribution in [-0.4, -0.2) is 21.5 Å². The minimum absolute atomic E-state index is 0.0733. The van der Waals surface area contributed by atoms with Crippen molar-refractivity contribution in [3.63, 3.8) is 0 Å². The second-order valence-corrected chi connectivity index (χ2v) is 7.89. The van der Waals surface area contributed by atoms with Crippen LogP contribution < -0.4 is 10.0 Å². The molecule has 0 spiro atoms. The number of nitrogens with one attached hydrogen (secondary N) is 2. The highest BCUT2D eigenvalue weighted by Crippen LogP contribution is 2.25. The van der Waals surface area contributed by atoms with Crippen molar-refractivity contribution in [2.45, 2.75) is 56.5 Å². The standard InChI is InChI=1S/C16H26N2O2S/c1-12-6-4-8-15(10-12)18-21(19,20)16-9-5-7-14(11-16)13(2)17-3/h5,7,9,11-13,15,17-18H,4,6,8,10H2,1-3H3. The fraction of sp³-hybridized carbons (Fsp3) is 0.625. The van der Waals surface area contributed by atoms with E-state index in [9.17, 15) is 8.42 Å². The molecule has 0 aliphatic heterocycles. The van der Waals surface area contributed by atoms with Gasteiger partial charge in [-0.25, -0.2) is 13.1 Å². The maximum atomic E-state index is 12.5. The number of benzene rings is 1. The molecule has 0 heterocycles. The van der Waals surface area contributed by atoms with Crippen LogP contribution in [0.2, 0.25) is 0 Å². The van der Waals surface area contributed by atoms with Gasteiger partial charge in [-0.3, -0.25) is 0 Å². The Hall–Kier alpha value is -0.910. The van der Waals surface area contributed by atoms with E-state index >= 15 is 0 Å². The summed E-state index contributed by atoms with van der Waals surface area (Å²) < 4.78 is 28.0. The lowest BCUT2D eigenvalue weighted by Gasteiger charge is -2.27. The van der Waals surface area contributed by atoms with E-state index in [2.05, 4.69) is 17.0 Å². The van der Waals surface area contributed by atoms with E-state index in [-0.39, 0.29) is 12.1 Å². The predicted molar refractivity (Wildman–Crippen MR) is 85.7 cm³/mol. The monoisotopic (exact) mass is 310 g/mol. The minimum Gasteiger partial charge on any atom is -0.313 e. The first-order valence-electron chi connectivity index (χ1n) is 7.72. The third-order valence-electron chi connectivity index (χ3n) is 4.36. The van der Waals surface area contributed by atoms with E-state index in [0.29, 0.717) is 10.8 Å². The first-order chi connectivity index (χ1) is 9.92. The summed E-state index contributed by atoms with van der Waals surface area (Å²) in [5.41, 5.74) is 0.984. The van der Waals surface area contributed by atoms with Crippen molar-refractivity contribution in [2.75, 3.05) is 7.05 Å². The molecule has 1 aromatic carbocycles. The smallest absolute Gasteiger partial charge is 0.240 e. The van der Waals surface area contributed by atoms with Crippen LogP contribution in [-0.2, 0) is 10.0 Å². The largest absolute Gasteiger partial charge is 0.313 e. The Morgan fingerprint density at radius 1 is 1.29 bits per heavy atom. The SMILES string of the molecule is CNC(C)c1cccc(S(=O)(=O)NC2CCCC(C)C2)c1. The fourth-order valence-electron chi connectivity index (χ4n) is 2.95. The zero-order chi connectivity index (χ0) is 15.5. The van der Waals surface area contributed by atoms with Crippen molar-refractivity contribution in [1.29, 1.82) is 0 Å². The molecule has 2 rings (SSSR count). The molecule has 3 atom stereocenters. The summed E-state index contributed by atoms with van der Waals surface area (Å²) in [6.45, 7) is 4.21. The van der Waals surface area contributed by atoms with E-state index in [0.717, 1.165) is 24.8 Å². The summed E-state index contributed by atoms with van der Waals surface area (Å²) >= 11 is 0. The molecule has 1 aromatic rings. The zero-order valence-electron chi connectivity index (χ0n) is 13.1. The molecule has 118 valence electrons. The third kappa shape index (κ3) is 4.28. The average Bonchev–Trinajstić information content (AvgIpc) is 2.46. The normalized spacial score (nSPS) is 24.7. The Balaban J connectivity index is 2.15. The summed E-state index contributed by atoms with van der Waals surface area (Å²) in [6, 6.07) is 7.39. The van der Waals surface area contributed by atoms with Gasteiger partial charge in [0.2, 0.25) is 10.0 Å². The maximum absolute atomic E-state index is 12.5. The van der Waals surface area contributed by atoms with Crippen molar-refractivity contribution in [3.8, 4) is 0 Å². The van der Waals surface area contributed by atoms with Crippen LogP contribution in [0.3, 0.4) is 0 Å². The maximum Gasteiger partial charge on any atom is 0.240 e. The Bertz CT molecular complexity index is 571. The molecule has 0 aromatic heterocycles. The average molecular weight is 310 g/mol.